The lowest BCUT2D eigenvalue weighted by Crippen LogP contribution is -2.54. The van der Waals surface area contributed by atoms with E-state index >= 15 is 0 Å². The second-order valence-electron chi connectivity index (χ2n) is 6.45. The molecule has 1 aliphatic rings. The Bertz CT molecular complexity index is 1040. The van der Waals surface area contributed by atoms with E-state index in [0.29, 0.717) is 35.8 Å². The summed E-state index contributed by atoms with van der Waals surface area (Å²) in [6.07, 6.45) is 3.66. The van der Waals surface area contributed by atoms with Crippen molar-refractivity contribution in [1.82, 2.24) is 5.32 Å². The molecule has 1 heterocycles. The molecule has 0 unspecified atom stereocenters. The number of carbonyl (C=O) groups excluding carboxylic acids is 3. The third-order valence-corrected chi connectivity index (χ3v) is 4.57. The zero-order valence-corrected chi connectivity index (χ0v) is 16.8. The highest BCUT2D eigenvalue weighted by molar-refractivity contribution is 6.39. The second kappa shape index (κ2) is 9.09. The molecule has 2 aromatic rings. The van der Waals surface area contributed by atoms with Crippen LogP contribution in [0, 0.1) is 0 Å². The summed E-state index contributed by atoms with van der Waals surface area (Å²) in [5.41, 5.74) is 1.67. The van der Waals surface area contributed by atoms with E-state index in [-0.39, 0.29) is 5.57 Å². The SMILES string of the molecule is C=CCOc1ccc(/C=C2\C(=O)NC(=O)N(c3ccccc3CC)C2=O)cc1OC. The van der Waals surface area contributed by atoms with Crippen LogP contribution in [0.1, 0.15) is 18.1 Å². The molecule has 1 fully saturated rings. The van der Waals surface area contributed by atoms with Gasteiger partial charge in [-0.25, -0.2) is 9.69 Å². The Balaban J connectivity index is 1.99. The molecule has 7 nitrogen and oxygen atoms in total. The minimum atomic E-state index is -0.770. The number of benzene rings is 2. The van der Waals surface area contributed by atoms with Crippen molar-refractivity contribution in [2.75, 3.05) is 18.6 Å². The number of hydrogen-bond donors (Lipinski definition) is 1. The van der Waals surface area contributed by atoms with Crippen LogP contribution >= 0.6 is 0 Å². The van der Waals surface area contributed by atoms with Gasteiger partial charge in [0.15, 0.2) is 11.5 Å². The zero-order valence-electron chi connectivity index (χ0n) is 16.8. The summed E-state index contributed by atoms with van der Waals surface area (Å²) in [4.78, 5) is 38.9. The molecule has 0 saturated carbocycles. The molecule has 2 aromatic carbocycles. The van der Waals surface area contributed by atoms with Crippen molar-refractivity contribution in [3.63, 3.8) is 0 Å². The van der Waals surface area contributed by atoms with Gasteiger partial charge in [0.2, 0.25) is 0 Å². The normalized spacial score (nSPS) is 15.2. The van der Waals surface area contributed by atoms with Crippen LogP contribution in [0.4, 0.5) is 10.5 Å². The molecule has 0 atom stereocenters. The molecule has 0 bridgehead atoms. The first-order valence-corrected chi connectivity index (χ1v) is 9.41. The lowest BCUT2D eigenvalue weighted by atomic mass is 10.0. The third kappa shape index (κ3) is 4.10. The minimum Gasteiger partial charge on any atom is -0.493 e. The van der Waals surface area contributed by atoms with Gasteiger partial charge in [0, 0.05) is 0 Å². The van der Waals surface area contributed by atoms with Gasteiger partial charge in [0.25, 0.3) is 11.8 Å². The fourth-order valence-electron chi connectivity index (χ4n) is 3.11. The first-order chi connectivity index (χ1) is 14.5. The number of aryl methyl sites for hydroxylation is 1. The number of carbonyl (C=O) groups is 3. The van der Waals surface area contributed by atoms with Crippen molar-refractivity contribution in [1.29, 1.82) is 0 Å². The molecule has 3 rings (SSSR count). The lowest BCUT2D eigenvalue weighted by molar-refractivity contribution is -0.122. The maximum atomic E-state index is 13.1. The summed E-state index contributed by atoms with van der Waals surface area (Å²) in [6.45, 7) is 5.84. The summed E-state index contributed by atoms with van der Waals surface area (Å²) in [5.74, 6) is -0.483. The van der Waals surface area contributed by atoms with Gasteiger partial charge in [-0.05, 0) is 41.8 Å². The second-order valence-corrected chi connectivity index (χ2v) is 6.45. The van der Waals surface area contributed by atoms with Crippen LogP contribution in [0.15, 0.2) is 60.7 Å². The summed E-state index contributed by atoms with van der Waals surface area (Å²) in [7, 11) is 1.49. The lowest BCUT2D eigenvalue weighted by Gasteiger charge is -2.28. The van der Waals surface area contributed by atoms with Gasteiger partial charge in [0.1, 0.15) is 12.2 Å². The van der Waals surface area contributed by atoms with E-state index in [1.54, 1.807) is 36.4 Å². The standard InChI is InChI=1S/C23H22N2O5/c1-4-12-30-19-11-10-15(14-20(19)29-3)13-17-21(26)24-23(28)25(22(17)27)18-9-7-6-8-16(18)5-2/h4,6-11,13-14H,1,5,12H2,2-3H3,(H,24,26,28)/b17-13+. The largest absolute Gasteiger partial charge is 0.493 e. The van der Waals surface area contributed by atoms with Crippen LogP contribution in [0.2, 0.25) is 0 Å². The van der Waals surface area contributed by atoms with Crippen molar-refractivity contribution in [3.8, 4) is 11.5 Å². The monoisotopic (exact) mass is 406 g/mol. The van der Waals surface area contributed by atoms with E-state index in [2.05, 4.69) is 11.9 Å². The van der Waals surface area contributed by atoms with Gasteiger partial charge >= 0.3 is 6.03 Å². The number of nitrogens with zero attached hydrogens (tertiary/aromatic N) is 1. The molecular formula is C23H22N2O5. The zero-order chi connectivity index (χ0) is 21.7. The van der Waals surface area contributed by atoms with Crippen molar-refractivity contribution in [2.45, 2.75) is 13.3 Å². The fraction of sp³-hybridized carbons (Fsp3) is 0.174. The summed E-state index contributed by atoms with van der Waals surface area (Å²) < 4.78 is 10.8. The van der Waals surface area contributed by atoms with Crippen LogP contribution in [-0.2, 0) is 16.0 Å². The average Bonchev–Trinajstić information content (AvgIpc) is 2.75. The number of ether oxygens (including phenoxy) is 2. The predicted octanol–water partition coefficient (Wildman–Crippen LogP) is 3.49. The number of imide groups is 2. The Morgan fingerprint density at radius 1 is 1.10 bits per heavy atom. The Morgan fingerprint density at radius 3 is 2.57 bits per heavy atom. The molecule has 0 radical (unpaired) electrons. The van der Waals surface area contributed by atoms with Crippen molar-refractivity contribution >= 4 is 29.6 Å². The molecule has 1 N–H and O–H groups in total. The molecule has 154 valence electrons. The molecule has 1 saturated heterocycles. The summed E-state index contributed by atoms with van der Waals surface area (Å²) in [5, 5.41) is 2.24. The van der Waals surface area contributed by atoms with E-state index < -0.39 is 17.8 Å². The van der Waals surface area contributed by atoms with Gasteiger partial charge in [-0.2, -0.15) is 0 Å². The molecule has 0 aliphatic carbocycles. The maximum Gasteiger partial charge on any atom is 0.335 e. The fourth-order valence-corrected chi connectivity index (χ4v) is 3.11. The smallest absolute Gasteiger partial charge is 0.335 e. The van der Waals surface area contributed by atoms with Crippen LogP contribution in [0.3, 0.4) is 0 Å². The molecule has 7 heteroatoms. The number of anilines is 1. The van der Waals surface area contributed by atoms with Crippen molar-refractivity contribution < 1.29 is 23.9 Å². The predicted molar refractivity (Wildman–Crippen MR) is 114 cm³/mol. The van der Waals surface area contributed by atoms with Gasteiger partial charge in [0.05, 0.1) is 12.8 Å². The Kier molecular flexibility index (Phi) is 6.32. The van der Waals surface area contributed by atoms with Crippen LogP contribution < -0.4 is 19.7 Å². The van der Waals surface area contributed by atoms with E-state index in [0.717, 1.165) is 10.5 Å². The first-order valence-electron chi connectivity index (χ1n) is 9.41. The summed E-state index contributed by atoms with van der Waals surface area (Å²) in [6, 6.07) is 11.3. The van der Waals surface area contributed by atoms with Crippen molar-refractivity contribution in [2.24, 2.45) is 0 Å². The van der Waals surface area contributed by atoms with Gasteiger partial charge in [-0.3, -0.25) is 14.9 Å². The number of urea groups is 1. The number of nitrogens with one attached hydrogen (secondary N) is 1. The number of para-hydroxylation sites is 1. The van der Waals surface area contributed by atoms with Crippen LogP contribution in [-0.4, -0.2) is 31.6 Å². The third-order valence-electron chi connectivity index (χ3n) is 4.57. The molecule has 0 spiro atoms. The minimum absolute atomic E-state index is 0.151. The highest BCUT2D eigenvalue weighted by Gasteiger charge is 2.37. The Hall–Kier alpha value is -3.87. The van der Waals surface area contributed by atoms with E-state index in [4.69, 9.17) is 9.47 Å². The highest BCUT2D eigenvalue weighted by Crippen LogP contribution is 2.30. The Morgan fingerprint density at radius 2 is 1.87 bits per heavy atom. The number of amides is 4. The van der Waals surface area contributed by atoms with Crippen LogP contribution in [0.5, 0.6) is 11.5 Å². The van der Waals surface area contributed by atoms with Gasteiger partial charge in [-0.1, -0.05) is 43.8 Å². The number of barbiturate groups is 1. The van der Waals surface area contributed by atoms with Crippen LogP contribution in [0.25, 0.3) is 6.08 Å². The average molecular weight is 406 g/mol. The molecule has 4 amide bonds. The maximum absolute atomic E-state index is 13.1. The molecule has 30 heavy (non-hydrogen) atoms. The van der Waals surface area contributed by atoms with E-state index in [9.17, 15) is 14.4 Å². The quantitative estimate of drug-likeness (QED) is 0.432. The molecule has 1 aliphatic heterocycles. The molecule has 0 aromatic heterocycles. The summed E-state index contributed by atoms with van der Waals surface area (Å²) >= 11 is 0. The highest BCUT2D eigenvalue weighted by atomic mass is 16.5. The number of methoxy groups -OCH3 is 1. The molecular weight excluding hydrogens is 384 g/mol. The number of hydrogen-bond acceptors (Lipinski definition) is 5. The Labute approximate surface area is 174 Å². The van der Waals surface area contributed by atoms with Gasteiger partial charge in [-0.15, -0.1) is 0 Å². The van der Waals surface area contributed by atoms with E-state index in [1.165, 1.54) is 13.2 Å². The topological polar surface area (TPSA) is 84.9 Å². The number of rotatable bonds is 7. The van der Waals surface area contributed by atoms with Crippen molar-refractivity contribution in [3.05, 3.63) is 71.8 Å². The van der Waals surface area contributed by atoms with Gasteiger partial charge < -0.3 is 9.47 Å². The first kappa shape index (κ1) is 20.9. The van der Waals surface area contributed by atoms with E-state index in [1.807, 2.05) is 19.1 Å².